The molecule has 0 atom stereocenters. The molecule has 0 radical (unpaired) electrons. The highest BCUT2D eigenvalue weighted by molar-refractivity contribution is 5.37. The van der Waals surface area contributed by atoms with E-state index in [1.807, 2.05) is 12.1 Å². The van der Waals surface area contributed by atoms with Gasteiger partial charge in [-0.2, -0.15) is 0 Å². The molecular weight excluding hydrogens is 244 g/mol. The van der Waals surface area contributed by atoms with E-state index < -0.39 is 0 Å². The third-order valence-corrected chi connectivity index (χ3v) is 4.91. The molecule has 20 heavy (non-hydrogen) atoms. The summed E-state index contributed by atoms with van der Waals surface area (Å²) in [4.78, 5) is 0. The van der Waals surface area contributed by atoms with Gasteiger partial charge in [-0.25, -0.2) is 0 Å². The molecule has 2 rings (SSSR count). The van der Waals surface area contributed by atoms with Crippen LogP contribution in [0, 0.1) is 5.92 Å². The molecule has 0 bridgehead atoms. The first kappa shape index (κ1) is 15.4. The highest BCUT2D eigenvalue weighted by Gasteiger charge is 2.23. The van der Waals surface area contributed by atoms with Crippen LogP contribution in [0.2, 0.25) is 0 Å². The summed E-state index contributed by atoms with van der Waals surface area (Å²) in [6.45, 7) is 4.54. The Bertz CT molecular complexity index is 402. The molecule has 1 N–H and O–H groups in total. The minimum atomic E-state index is 0.430. The van der Waals surface area contributed by atoms with E-state index >= 15 is 0 Å². The summed E-state index contributed by atoms with van der Waals surface area (Å²) >= 11 is 0. The molecular formula is C19H30O. The zero-order valence-corrected chi connectivity index (χ0v) is 13.2. The zero-order chi connectivity index (χ0) is 14.4. The monoisotopic (exact) mass is 274 g/mol. The SMILES string of the molecule is CCCCc1cc(O)ccc1C1CCC(CCC)CC1. The van der Waals surface area contributed by atoms with Crippen LogP contribution in [0.5, 0.6) is 5.75 Å². The van der Waals surface area contributed by atoms with E-state index in [2.05, 4.69) is 19.9 Å². The lowest BCUT2D eigenvalue weighted by atomic mass is 9.76. The van der Waals surface area contributed by atoms with Crippen molar-refractivity contribution < 1.29 is 5.11 Å². The van der Waals surface area contributed by atoms with Crippen molar-refractivity contribution in [3.8, 4) is 5.75 Å². The standard InChI is InChI=1S/C19H30O/c1-3-5-7-17-14-18(20)12-13-19(17)16-10-8-15(6-4-2)9-11-16/h12-16,20H,3-11H2,1-2H3. The predicted molar refractivity (Wildman–Crippen MR) is 86.3 cm³/mol. The lowest BCUT2D eigenvalue weighted by molar-refractivity contribution is 0.307. The van der Waals surface area contributed by atoms with Crippen molar-refractivity contribution in [1.29, 1.82) is 0 Å². The zero-order valence-electron chi connectivity index (χ0n) is 13.2. The molecule has 0 heterocycles. The summed E-state index contributed by atoms with van der Waals surface area (Å²) in [5.41, 5.74) is 2.91. The van der Waals surface area contributed by atoms with E-state index in [9.17, 15) is 5.11 Å². The van der Waals surface area contributed by atoms with E-state index in [0.717, 1.165) is 18.3 Å². The normalized spacial score (nSPS) is 22.9. The van der Waals surface area contributed by atoms with Crippen molar-refractivity contribution in [2.75, 3.05) is 0 Å². The van der Waals surface area contributed by atoms with E-state index in [-0.39, 0.29) is 0 Å². The first-order chi connectivity index (χ1) is 9.74. The van der Waals surface area contributed by atoms with Crippen LogP contribution in [0.25, 0.3) is 0 Å². The second kappa shape index (κ2) is 7.71. The van der Waals surface area contributed by atoms with Gasteiger partial charge in [-0.1, -0.05) is 39.2 Å². The molecule has 0 saturated heterocycles. The van der Waals surface area contributed by atoms with Gasteiger partial charge in [0.05, 0.1) is 0 Å². The van der Waals surface area contributed by atoms with Gasteiger partial charge in [0.2, 0.25) is 0 Å². The van der Waals surface area contributed by atoms with E-state index in [0.29, 0.717) is 5.75 Å². The molecule has 0 aliphatic heterocycles. The van der Waals surface area contributed by atoms with Crippen LogP contribution < -0.4 is 0 Å². The highest BCUT2D eigenvalue weighted by Crippen LogP contribution is 2.39. The van der Waals surface area contributed by atoms with Crippen molar-refractivity contribution in [3.05, 3.63) is 29.3 Å². The van der Waals surface area contributed by atoms with Crippen molar-refractivity contribution in [2.24, 2.45) is 5.92 Å². The Morgan fingerprint density at radius 2 is 1.80 bits per heavy atom. The summed E-state index contributed by atoms with van der Waals surface area (Å²) in [5.74, 6) is 2.13. The van der Waals surface area contributed by atoms with Gasteiger partial charge in [0.25, 0.3) is 0 Å². The Morgan fingerprint density at radius 1 is 1.05 bits per heavy atom. The fourth-order valence-electron chi connectivity index (χ4n) is 3.74. The summed E-state index contributed by atoms with van der Waals surface area (Å²) in [6, 6.07) is 6.07. The van der Waals surface area contributed by atoms with Gasteiger partial charge >= 0.3 is 0 Å². The number of hydrogen-bond acceptors (Lipinski definition) is 1. The molecule has 1 fully saturated rings. The van der Waals surface area contributed by atoms with Crippen LogP contribution in [-0.4, -0.2) is 5.11 Å². The van der Waals surface area contributed by atoms with Gasteiger partial charge in [-0.15, -0.1) is 0 Å². The maximum Gasteiger partial charge on any atom is 0.115 e. The Balaban J connectivity index is 2.04. The minimum absolute atomic E-state index is 0.430. The van der Waals surface area contributed by atoms with Gasteiger partial charge in [0, 0.05) is 0 Å². The second-order valence-corrected chi connectivity index (χ2v) is 6.49. The Hall–Kier alpha value is -0.980. The molecule has 1 aliphatic carbocycles. The number of hydrogen-bond donors (Lipinski definition) is 1. The number of unbranched alkanes of at least 4 members (excludes halogenated alkanes) is 1. The quantitative estimate of drug-likeness (QED) is 0.694. The first-order valence-corrected chi connectivity index (χ1v) is 8.56. The molecule has 0 spiro atoms. The summed E-state index contributed by atoms with van der Waals surface area (Å²) < 4.78 is 0. The number of aryl methyl sites for hydroxylation is 1. The molecule has 1 nitrogen and oxygen atoms in total. The Kier molecular flexibility index (Phi) is 5.94. The maximum atomic E-state index is 9.75. The molecule has 0 amide bonds. The van der Waals surface area contributed by atoms with Crippen molar-refractivity contribution in [2.45, 2.75) is 77.6 Å². The number of phenolic OH excluding ortho intramolecular Hbond substituents is 1. The third kappa shape index (κ3) is 4.01. The lowest BCUT2D eigenvalue weighted by Crippen LogP contribution is -2.14. The fraction of sp³-hybridized carbons (Fsp3) is 0.684. The van der Waals surface area contributed by atoms with Crippen LogP contribution >= 0.6 is 0 Å². The molecule has 1 saturated carbocycles. The largest absolute Gasteiger partial charge is 0.508 e. The number of rotatable bonds is 6. The Labute approximate surface area is 124 Å². The Morgan fingerprint density at radius 3 is 2.45 bits per heavy atom. The number of benzene rings is 1. The minimum Gasteiger partial charge on any atom is -0.508 e. The van der Waals surface area contributed by atoms with Gasteiger partial charge in [0.1, 0.15) is 5.75 Å². The smallest absolute Gasteiger partial charge is 0.115 e. The topological polar surface area (TPSA) is 20.2 Å². The van der Waals surface area contributed by atoms with Crippen LogP contribution in [0.3, 0.4) is 0 Å². The van der Waals surface area contributed by atoms with Crippen molar-refractivity contribution in [3.63, 3.8) is 0 Å². The second-order valence-electron chi connectivity index (χ2n) is 6.49. The van der Waals surface area contributed by atoms with Crippen molar-refractivity contribution >= 4 is 0 Å². The molecule has 0 unspecified atom stereocenters. The molecule has 112 valence electrons. The predicted octanol–water partition coefficient (Wildman–Crippen LogP) is 5.81. The summed E-state index contributed by atoms with van der Waals surface area (Å²) in [5, 5.41) is 9.75. The van der Waals surface area contributed by atoms with E-state index in [1.54, 1.807) is 0 Å². The molecule has 1 aliphatic rings. The van der Waals surface area contributed by atoms with Crippen LogP contribution in [0.1, 0.15) is 82.3 Å². The van der Waals surface area contributed by atoms with Crippen LogP contribution in [0.4, 0.5) is 0 Å². The molecule has 1 heteroatoms. The van der Waals surface area contributed by atoms with Crippen LogP contribution in [0.15, 0.2) is 18.2 Å². The highest BCUT2D eigenvalue weighted by atomic mass is 16.3. The summed E-state index contributed by atoms with van der Waals surface area (Å²) in [7, 11) is 0. The van der Waals surface area contributed by atoms with E-state index in [4.69, 9.17) is 0 Å². The van der Waals surface area contributed by atoms with Gasteiger partial charge in [-0.05, 0) is 73.6 Å². The van der Waals surface area contributed by atoms with Gasteiger partial charge < -0.3 is 5.11 Å². The molecule has 1 aromatic rings. The van der Waals surface area contributed by atoms with E-state index in [1.165, 1.54) is 62.5 Å². The fourth-order valence-corrected chi connectivity index (χ4v) is 3.74. The summed E-state index contributed by atoms with van der Waals surface area (Å²) in [6.07, 6.45) is 11.8. The van der Waals surface area contributed by atoms with Crippen molar-refractivity contribution in [1.82, 2.24) is 0 Å². The third-order valence-electron chi connectivity index (χ3n) is 4.91. The average molecular weight is 274 g/mol. The maximum absolute atomic E-state index is 9.75. The van der Waals surface area contributed by atoms with Gasteiger partial charge in [-0.3, -0.25) is 0 Å². The number of phenols is 1. The lowest BCUT2D eigenvalue weighted by Gasteiger charge is -2.30. The average Bonchev–Trinajstić information content (AvgIpc) is 2.47. The number of aromatic hydroxyl groups is 1. The van der Waals surface area contributed by atoms with Crippen LogP contribution in [-0.2, 0) is 6.42 Å². The van der Waals surface area contributed by atoms with Gasteiger partial charge in [0.15, 0.2) is 0 Å². The molecule has 0 aromatic heterocycles. The first-order valence-electron chi connectivity index (χ1n) is 8.56. The molecule has 1 aromatic carbocycles.